The fourth-order valence-electron chi connectivity index (χ4n) is 2.03. The summed E-state index contributed by atoms with van der Waals surface area (Å²) in [7, 11) is 0. The molecule has 1 N–H and O–H groups in total. The Morgan fingerprint density at radius 2 is 2.10 bits per heavy atom. The molecule has 20 heavy (non-hydrogen) atoms. The van der Waals surface area contributed by atoms with Gasteiger partial charge in [0.05, 0.1) is 6.04 Å². The van der Waals surface area contributed by atoms with E-state index in [4.69, 9.17) is 4.42 Å². The number of aromatic nitrogens is 2. The largest absolute Gasteiger partial charge is 0.419 e. The van der Waals surface area contributed by atoms with E-state index in [2.05, 4.69) is 29.4 Å². The Bertz CT molecular complexity index is 568. The molecule has 0 radical (unpaired) electrons. The van der Waals surface area contributed by atoms with Crippen molar-refractivity contribution in [2.45, 2.75) is 39.7 Å². The predicted octanol–water partition coefficient (Wildman–Crippen LogP) is 3.63. The zero-order chi connectivity index (χ0) is 14.5. The molecule has 0 aliphatic rings. The Labute approximate surface area is 118 Å². The highest BCUT2D eigenvalue weighted by atomic mass is 19.1. The first kappa shape index (κ1) is 14.7. The van der Waals surface area contributed by atoms with Crippen LogP contribution in [0.25, 0.3) is 11.5 Å². The summed E-state index contributed by atoms with van der Waals surface area (Å²) >= 11 is 0. The number of hydrogen-bond acceptors (Lipinski definition) is 4. The van der Waals surface area contributed by atoms with Crippen LogP contribution in [0.2, 0.25) is 0 Å². The van der Waals surface area contributed by atoms with E-state index in [0.29, 0.717) is 17.3 Å². The van der Waals surface area contributed by atoms with Gasteiger partial charge in [-0.3, -0.25) is 0 Å². The van der Waals surface area contributed by atoms with Crippen molar-refractivity contribution in [1.29, 1.82) is 0 Å². The van der Waals surface area contributed by atoms with Crippen molar-refractivity contribution in [1.82, 2.24) is 15.5 Å². The summed E-state index contributed by atoms with van der Waals surface area (Å²) in [6.45, 7) is 6.96. The normalized spacial score (nSPS) is 12.6. The molecule has 1 atom stereocenters. The predicted molar refractivity (Wildman–Crippen MR) is 75.8 cm³/mol. The average Bonchev–Trinajstić information content (AvgIpc) is 2.92. The van der Waals surface area contributed by atoms with Crippen LogP contribution < -0.4 is 5.32 Å². The summed E-state index contributed by atoms with van der Waals surface area (Å²) < 4.78 is 19.0. The lowest BCUT2D eigenvalue weighted by Gasteiger charge is -2.11. The van der Waals surface area contributed by atoms with Crippen molar-refractivity contribution < 1.29 is 8.81 Å². The lowest BCUT2D eigenvalue weighted by molar-refractivity contribution is 0.396. The summed E-state index contributed by atoms with van der Waals surface area (Å²) in [4.78, 5) is 0. The number of rotatable bonds is 6. The molecule has 0 bridgehead atoms. The zero-order valence-electron chi connectivity index (χ0n) is 12.1. The topological polar surface area (TPSA) is 51.0 Å². The molecule has 4 nitrogen and oxygen atoms in total. The van der Waals surface area contributed by atoms with Crippen molar-refractivity contribution in [2.75, 3.05) is 6.54 Å². The molecule has 1 unspecified atom stereocenters. The van der Waals surface area contributed by atoms with Gasteiger partial charge < -0.3 is 9.73 Å². The van der Waals surface area contributed by atoms with E-state index >= 15 is 0 Å². The third-order valence-corrected chi connectivity index (χ3v) is 3.22. The number of nitrogens with one attached hydrogen (secondary N) is 1. The first-order valence-electron chi connectivity index (χ1n) is 6.99. The molecular weight excluding hydrogens is 257 g/mol. The van der Waals surface area contributed by atoms with Crippen LogP contribution in [0.4, 0.5) is 4.39 Å². The van der Waals surface area contributed by atoms with Gasteiger partial charge in [0.1, 0.15) is 5.82 Å². The van der Waals surface area contributed by atoms with Crippen molar-refractivity contribution in [3.8, 4) is 11.5 Å². The molecule has 0 saturated heterocycles. The van der Waals surface area contributed by atoms with Gasteiger partial charge >= 0.3 is 0 Å². The average molecular weight is 277 g/mol. The third kappa shape index (κ3) is 3.22. The van der Waals surface area contributed by atoms with Gasteiger partial charge in [0.15, 0.2) is 0 Å². The van der Waals surface area contributed by atoms with Crippen molar-refractivity contribution >= 4 is 0 Å². The molecule has 5 heteroatoms. The van der Waals surface area contributed by atoms with E-state index in [1.807, 2.05) is 6.92 Å². The summed E-state index contributed by atoms with van der Waals surface area (Å²) in [6, 6.07) is 4.60. The second kappa shape index (κ2) is 6.61. The maximum Gasteiger partial charge on any atom is 0.248 e. The highest BCUT2D eigenvalue weighted by Gasteiger charge is 2.18. The molecule has 0 amide bonds. The molecule has 0 spiro atoms. The van der Waals surface area contributed by atoms with Crippen LogP contribution in [-0.4, -0.2) is 16.7 Å². The van der Waals surface area contributed by atoms with Crippen molar-refractivity contribution in [2.24, 2.45) is 0 Å². The quantitative estimate of drug-likeness (QED) is 0.876. The van der Waals surface area contributed by atoms with Gasteiger partial charge in [-0.1, -0.05) is 19.9 Å². The molecule has 1 aromatic carbocycles. The minimum Gasteiger partial charge on any atom is -0.419 e. The maximum atomic E-state index is 13.3. The van der Waals surface area contributed by atoms with Crippen LogP contribution in [-0.2, 0) is 0 Å². The van der Waals surface area contributed by atoms with Gasteiger partial charge in [-0.2, -0.15) is 0 Å². The highest BCUT2D eigenvalue weighted by Crippen LogP contribution is 2.25. The van der Waals surface area contributed by atoms with Crippen LogP contribution in [0.3, 0.4) is 0 Å². The SMILES string of the molecule is CCCNC(CC)c1nnc(-c2cc(F)ccc2C)o1. The van der Waals surface area contributed by atoms with E-state index < -0.39 is 0 Å². The Kier molecular flexibility index (Phi) is 4.84. The smallest absolute Gasteiger partial charge is 0.248 e. The van der Waals surface area contributed by atoms with E-state index in [0.717, 1.165) is 24.9 Å². The molecule has 2 aromatic rings. The molecule has 2 rings (SSSR count). The Morgan fingerprint density at radius 1 is 1.30 bits per heavy atom. The number of aryl methyl sites for hydroxylation is 1. The van der Waals surface area contributed by atoms with Gasteiger partial charge in [0.2, 0.25) is 11.8 Å². The Morgan fingerprint density at radius 3 is 2.80 bits per heavy atom. The lowest BCUT2D eigenvalue weighted by atomic mass is 10.1. The highest BCUT2D eigenvalue weighted by molar-refractivity contribution is 5.57. The fraction of sp³-hybridized carbons (Fsp3) is 0.467. The molecule has 1 aromatic heterocycles. The molecular formula is C15H20FN3O. The van der Waals surface area contributed by atoms with Crippen LogP contribution in [0, 0.1) is 12.7 Å². The Balaban J connectivity index is 2.25. The fourth-order valence-corrected chi connectivity index (χ4v) is 2.03. The lowest BCUT2D eigenvalue weighted by Crippen LogP contribution is -2.21. The molecule has 1 heterocycles. The summed E-state index contributed by atoms with van der Waals surface area (Å²) in [5.74, 6) is 0.620. The molecule has 0 aliphatic heterocycles. The standard InChI is InChI=1S/C15H20FN3O/c1-4-8-17-13(5-2)15-19-18-14(20-15)12-9-11(16)7-6-10(12)3/h6-7,9,13,17H,4-5,8H2,1-3H3. The third-order valence-electron chi connectivity index (χ3n) is 3.22. The molecule has 0 saturated carbocycles. The Hall–Kier alpha value is -1.75. The zero-order valence-corrected chi connectivity index (χ0v) is 12.1. The van der Waals surface area contributed by atoms with Crippen LogP contribution in [0.1, 0.15) is 44.2 Å². The van der Waals surface area contributed by atoms with Gasteiger partial charge in [-0.25, -0.2) is 4.39 Å². The van der Waals surface area contributed by atoms with Crippen LogP contribution in [0.15, 0.2) is 22.6 Å². The maximum absolute atomic E-state index is 13.3. The number of nitrogens with zero attached hydrogens (tertiary/aromatic N) is 2. The van der Waals surface area contributed by atoms with Crippen LogP contribution >= 0.6 is 0 Å². The summed E-state index contributed by atoms with van der Waals surface area (Å²) in [6.07, 6.45) is 1.91. The van der Waals surface area contributed by atoms with Crippen molar-refractivity contribution in [3.05, 3.63) is 35.5 Å². The second-order valence-electron chi connectivity index (χ2n) is 4.82. The monoisotopic (exact) mass is 277 g/mol. The minimum atomic E-state index is -0.304. The van der Waals surface area contributed by atoms with E-state index in [9.17, 15) is 4.39 Å². The summed E-state index contributed by atoms with van der Waals surface area (Å²) in [5, 5.41) is 11.5. The van der Waals surface area contributed by atoms with E-state index in [-0.39, 0.29) is 11.9 Å². The van der Waals surface area contributed by atoms with Crippen LogP contribution in [0.5, 0.6) is 0 Å². The minimum absolute atomic E-state index is 0.0464. The molecule has 0 fully saturated rings. The first-order chi connectivity index (χ1) is 9.65. The summed E-state index contributed by atoms with van der Waals surface area (Å²) in [5.41, 5.74) is 1.56. The van der Waals surface area contributed by atoms with E-state index in [1.54, 1.807) is 6.07 Å². The van der Waals surface area contributed by atoms with Gasteiger partial charge in [-0.05, 0) is 44.0 Å². The molecule has 0 aliphatic carbocycles. The number of benzene rings is 1. The number of halogens is 1. The molecule has 108 valence electrons. The van der Waals surface area contributed by atoms with E-state index in [1.165, 1.54) is 12.1 Å². The second-order valence-corrected chi connectivity index (χ2v) is 4.82. The van der Waals surface area contributed by atoms with Gasteiger partial charge in [0, 0.05) is 5.56 Å². The first-order valence-corrected chi connectivity index (χ1v) is 6.99. The van der Waals surface area contributed by atoms with Gasteiger partial charge in [0.25, 0.3) is 0 Å². The van der Waals surface area contributed by atoms with Crippen molar-refractivity contribution in [3.63, 3.8) is 0 Å². The number of hydrogen-bond donors (Lipinski definition) is 1. The van der Waals surface area contributed by atoms with Gasteiger partial charge in [-0.15, -0.1) is 10.2 Å².